The van der Waals surface area contributed by atoms with Gasteiger partial charge in [-0.3, -0.25) is 0 Å². The lowest BCUT2D eigenvalue weighted by molar-refractivity contribution is 0.220. The molecule has 0 bridgehead atoms. The SMILES string of the molecule is COc1ccsc1C(O)c1ccc(Cl)c2ccccc12. The Bertz CT molecular complexity index is 751. The van der Waals surface area contributed by atoms with Crippen LogP contribution in [0.1, 0.15) is 16.5 Å². The summed E-state index contributed by atoms with van der Waals surface area (Å²) < 4.78 is 5.29. The van der Waals surface area contributed by atoms with Crippen LogP contribution in [0.5, 0.6) is 5.75 Å². The van der Waals surface area contributed by atoms with Gasteiger partial charge in [0.1, 0.15) is 11.9 Å². The second-order valence-corrected chi connectivity index (χ2v) is 5.79. The number of fused-ring (bicyclic) bond motifs is 1. The lowest BCUT2D eigenvalue weighted by Crippen LogP contribution is -2.00. The lowest BCUT2D eigenvalue weighted by atomic mass is 9.99. The van der Waals surface area contributed by atoms with Crippen LogP contribution in [0.25, 0.3) is 10.8 Å². The molecule has 20 heavy (non-hydrogen) atoms. The van der Waals surface area contributed by atoms with Gasteiger partial charge in [0.2, 0.25) is 0 Å². The molecule has 0 saturated heterocycles. The second kappa shape index (κ2) is 5.44. The van der Waals surface area contributed by atoms with E-state index in [9.17, 15) is 5.11 Å². The zero-order valence-electron chi connectivity index (χ0n) is 10.8. The molecule has 4 heteroatoms. The Morgan fingerprint density at radius 2 is 1.85 bits per heavy atom. The van der Waals surface area contributed by atoms with Crippen LogP contribution in [0.3, 0.4) is 0 Å². The fourth-order valence-electron chi connectivity index (χ4n) is 2.34. The van der Waals surface area contributed by atoms with Gasteiger partial charge < -0.3 is 9.84 Å². The van der Waals surface area contributed by atoms with Crippen molar-refractivity contribution >= 4 is 33.7 Å². The first-order valence-corrected chi connectivity index (χ1v) is 7.44. The number of aliphatic hydroxyl groups excluding tert-OH is 1. The summed E-state index contributed by atoms with van der Waals surface area (Å²) in [4.78, 5) is 0.806. The van der Waals surface area contributed by atoms with Gasteiger partial charge in [-0.2, -0.15) is 0 Å². The minimum Gasteiger partial charge on any atom is -0.495 e. The summed E-state index contributed by atoms with van der Waals surface area (Å²) in [5.74, 6) is 0.710. The van der Waals surface area contributed by atoms with Crippen LogP contribution < -0.4 is 4.74 Å². The number of benzene rings is 2. The largest absolute Gasteiger partial charge is 0.495 e. The smallest absolute Gasteiger partial charge is 0.135 e. The maximum absolute atomic E-state index is 10.7. The third-order valence-electron chi connectivity index (χ3n) is 3.32. The van der Waals surface area contributed by atoms with Crippen LogP contribution >= 0.6 is 22.9 Å². The predicted octanol–water partition coefficient (Wildman–Crippen LogP) is 4.65. The van der Waals surface area contributed by atoms with Crippen LogP contribution in [-0.2, 0) is 0 Å². The molecule has 1 heterocycles. The highest BCUT2D eigenvalue weighted by Crippen LogP contribution is 2.38. The Morgan fingerprint density at radius 1 is 1.10 bits per heavy atom. The predicted molar refractivity (Wildman–Crippen MR) is 83.9 cm³/mol. The number of methoxy groups -OCH3 is 1. The van der Waals surface area contributed by atoms with Gasteiger partial charge in [-0.15, -0.1) is 11.3 Å². The topological polar surface area (TPSA) is 29.5 Å². The van der Waals surface area contributed by atoms with E-state index in [0.29, 0.717) is 10.8 Å². The van der Waals surface area contributed by atoms with Crippen molar-refractivity contribution in [3.8, 4) is 5.75 Å². The van der Waals surface area contributed by atoms with E-state index in [2.05, 4.69) is 0 Å². The molecular weight excluding hydrogens is 292 g/mol. The van der Waals surface area contributed by atoms with Crippen LogP contribution in [0.15, 0.2) is 47.8 Å². The molecule has 0 spiro atoms. The standard InChI is InChI=1S/C16H13ClO2S/c1-19-14-8-9-20-16(14)15(18)12-6-7-13(17)11-5-3-2-4-10(11)12/h2-9,15,18H,1H3. The molecule has 0 aliphatic rings. The molecule has 0 fully saturated rings. The summed E-state index contributed by atoms with van der Waals surface area (Å²) >= 11 is 7.70. The molecule has 3 aromatic rings. The molecule has 0 aliphatic heterocycles. The Balaban J connectivity index is 2.17. The molecule has 0 aliphatic carbocycles. The minimum absolute atomic E-state index is 0.690. The Morgan fingerprint density at radius 3 is 2.60 bits per heavy atom. The number of aliphatic hydroxyl groups is 1. The second-order valence-electron chi connectivity index (χ2n) is 4.44. The third kappa shape index (κ3) is 2.18. The van der Waals surface area contributed by atoms with E-state index < -0.39 is 6.10 Å². The molecule has 1 unspecified atom stereocenters. The maximum atomic E-state index is 10.7. The molecule has 2 aromatic carbocycles. The van der Waals surface area contributed by atoms with Gasteiger partial charge in [0, 0.05) is 10.4 Å². The van der Waals surface area contributed by atoms with Gasteiger partial charge in [0.15, 0.2) is 0 Å². The van der Waals surface area contributed by atoms with Gasteiger partial charge >= 0.3 is 0 Å². The maximum Gasteiger partial charge on any atom is 0.135 e. The average molecular weight is 305 g/mol. The van der Waals surface area contributed by atoms with E-state index in [4.69, 9.17) is 16.3 Å². The van der Waals surface area contributed by atoms with Crippen molar-refractivity contribution in [3.63, 3.8) is 0 Å². The number of thiophene rings is 1. The minimum atomic E-state index is -0.716. The van der Waals surface area contributed by atoms with E-state index in [1.807, 2.05) is 47.8 Å². The summed E-state index contributed by atoms with van der Waals surface area (Å²) in [6, 6.07) is 13.4. The van der Waals surface area contributed by atoms with Gasteiger partial charge in [0.25, 0.3) is 0 Å². The Hall–Kier alpha value is -1.55. The Kier molecular flexibility index (Phi) is 3.66. The van der Waals surface area contributed by atoms with E-state index >= 15 is 0 Å². The molecule has 0 amide bonds. The van der Waals surface area contributed by atoms with Gasteiger partial charge in [-0.25, -0.2) is 0 Å². The van der Waals surface area contributed by atoms with E-state index in [1.165, 1.54) is 11.3 Å². The fraction of sp³-hybridized carbons (Fsp3) is 0.125. The lowest BCUT2D eigenvalue weighted by Gasteiger charge is -2.14. The highest BCUT2D eigenvalue weighted by Gasteiger charge is 2.19. The van der Waals surface area contributed by atoms with Crippen LogP contribution in [0.2, 0.25) is 5.02 Å². The molecule has 2 nitrogen and oxygen atoms in total. The first-order valence-electron chi connectivity index (χ1n) is 6.19. The first-order chi connectivity index (χ1) is 9.72. The van der Waals surface area contributed by atoms with Crippen molar-refractivity contribution in [1.82, 2.24) is 0 Å². The molecule has 1 atom stereocenters. The highest BCUT2D eigenvalue weighted by molar-refractivity contribution is 7.10. The fourth-order valence-corrected chi connectivity index (χ4v) is 3.43. The summed E-state index contributed by atoms with van der Waals surface area (Å²) in [5, 5.41) is 15.2. The van der Waals surface area contributed by atoms with Gasteiger partial charge in [-0.1, -0.05) is 41.9 Å². The quantitative estimate of drug-likeness (QED) is 0.763. The molecular formula is C16H13ClO2S. The third-order valence-corrected chi connectivity index (χ3v) is 4.60. The van der Waals surface area contributed by atoms with Crippen LogP contribution in [-0.4, -0.2) is 12.2 Å². The van der Waals surface area contributed by atoms with Crippen molar-refractivity contribution in [3.05, 3.63) is 63.3 Å². The normalized spacial score (nSPS) is 12.6. The van der Waals surface area contributed by atoms with Crippen molar-refractivity contribution < 1.29 is 9.84 Å². The Labute approximate surface area is 126 Å². The van der Waals surface area contributed by atoms with Crippen LogP contribution in [0, 0.1) is 0 Å². The highest BCUT2D eigenvalue weighted by atomic mass is 35.5. The number of halogens is 1. The van der Waals surface area contributed by atoms with Crippen molar-refractivity contribution in [2.75, 3.05) is 7.11 Å². The molecule has 1 N–H and O–H groups in total. The zero-order chi connectivity index (χ0) is 14.1. The molecule has 0 radical (unpaired) electrons. The summed E-state index contributed by atoms with van der Waals surface area (Å²) in [6.45, 7) is 0. The van der Waals surface area contributed by atoms with Gasteiger partial charge in [-0.05, 0) is 28.5 Å². The van der Waals surface area contributed by atoms with E-state index in [1.54, 1.807) is 7.11 Å². The summed E-state index contributed by atoms with van der Waals surface area (Å²) in [5.41, 5.74) is 0.839. The number of rotatable bonds is 3. The number of ether oxygens (including phenoxy) is 1. The molecule has 3 rings (SSSR count). The first kappa shape index (κ1) is 13.4. The monoisotopic (exact) mass is 304 g/mol. The molecule has 1 aromatic heterocycles. The number of hydrogen-bond donors (Lipinski definition) is 1. The van der Waals surface area contributed by atoms with Gasteiger partial charge in [0.05, 0.1) is 12.0 Å². The zero-order valence-corrected chi connectivity index (χ0v) is 12.4. The molecule has 0 saturated carbocycles. The number of hydrogen-bond acceptors (Lipinski definition) is 3. The van der Waals surface area contributed by atoms with Crippen LogP contribution in [0.4, 0.5) is 0 Å². The van der Waals surface area contributed by atoms with Crippen molar-refractivity contribution in [2.45, 2.75) is 6.10 Å². The van der Waals surface area contributed by atoms with E-state index in [0.717, 1.165) is 21.2 Å². The summed E-state index contributed by atoms with van der Waals surface area (Å²) in [6.07, 6.45) is -0.716. The average Bonchev–Trinajstić information content (AvgIpc) is 2.96. The van der Waals surface area contributed by atoms with E-state index in [-0.39, 0.29) is 0 Å². The van der Waals surface area contributed by atoms with Crippen molar-refractivity contribution in [2.24, 2.45) is 0 Å². The van der Waals surface area contributed by atoms with Crippen molar-refractivity contribution in [1.29, 1.82) is 0 Å². The molecule has 102 valence electrons. The summed E-state index contributed by atoms with van der Waals surface area (Å²) in [7, 11) is 1.61.